The standard InChI is InChI=1S/C11H7BCl2N2O/c1-6-4-7(2-3-8(6)12)16-11(17)10(14)9(13)5-15-16/h2-5H,1H3. The molecule has 2 aromatic rings. The van der Waals surface area contributed by atoms with Crippen molar-refractivity contribution >= 4 is 36.5 Å². The quantitative estimate of drug-likeness (QED) is 0.734. The van der Waals surface area contributed by atoms with Gasteiger partial charge < -0.3 is 0 Å². The average molecular weight is 265 g/mol. The Morgan fingerprint density at radius 3 is 2.71 bits per heavy atom. The molecule has 0 aliphatic rings. The molecular formula is C11H7BCl2N2O. The Labute approximate surface area is 109 Å². The summed E-state index contributed by atoms with van der Waals surface area (Å²) in [7, 11) is 5.70. The van der Waals surface area contributed by atoms with E-state index in [1.54, 1.807) is 18.2 Å². The first-order valence-electron chi connectivity index (χ1n) is 4.80. The molecule has 3 nitrogen and oxygen atoms in total. The molecular weight excluding hydrogens is 258 g/mol. The lowest BCUT2D eigenvalue weighted by molar-refractivity contribution is 0.807. The van der Waals surface area contributed by atoms with Crippen LogP contribution < -0.4 is 11.0 Å². The zero-order chi connectivity index (χ0) is 12.6. The molecule has 0 spiro atoms. The van der Waals surface area contributed by atoms with Gasteiger partial charge in [0.15, 0.2) is 0 Å². The van der Waals surface area contributed by atoms with Gasteiger partial charge in [0, 0.05) is 0 Å². The van der Waals surface area contributed by atoms with Gasteiger partial charge in [-0.05, 0) is 19.1 Å². The summed E-state index contributed by atoms with van der Waals surface area (Å²) in [6.07, 6.45) is 1.33. The number of hydrogen-bond acceptors (Lipinski definition) is 2. The maximum absolute atomic E-state index is 11.8. The zero-order valence-electron chi connectivity index (χ0n) is 8.95. The molecule has 0 unspecified atom stereocenters. The predicted molar refractivity (Wildman–Crippen MR) is 70.0 cm³/mol. The van der Waals surface area contributed by atoms with Gasteiger partial charge in [-0.15, -0.1) is 0 Å². The van der Waals surface area contributed by atoms with E-state index in [-0.39, 0.29) is 10.0 Å². The summed E-state index contributed by atoms with van der Waals surface area (Å²) in [6, 6.07) is 5.16. The summed E-state index contributed by atoms with van der Waals surface area (Å²) in [5, 5.41) is 4.02. The van der Waals surface area contributed by atoms with Crippen LogP contribution in [0.5, 0.6) is 0 Å². The Bertz CT molecular complexity index is 640. The Balaban J connectivity index is 2.65. The molecule has 17 heavy (non-hydrogen) atoms. The van der Waals surface area contributed by atoms with Gasteiger partial charge in [-0.3, -0.25) is 4.79 Å². The molecule has 1 aromatic carbocycles. The van der Waals surface area contributed by atoms with Gasteiger partial charge in [-0.25, -0.2) is 0 Å². The van der Waals surface area contributed by atoms with Crippen molar-refractivity contribution in [2.24, 2.45) is 0 Å². The minimum Gasteiger partial charge on any atom is -0.266 e. The lowest BCUT2D eigenvalue weighted by atomic mass is 9.91. The van der Waals surface area contributed by atoms with Crippen LogP contribution in [-0.2, 0) is 0 Å². The number of nitrogens with zero attached hydrogens (tertiary/aromatic N) is 2. The Morgan fingerprint density at radius 1 is 1.35 bits per heavy atom. The summed E-state index contributed by atoms with van der Waals surface area (Å²) in [4.78, 5) is 11.8. The maximum atomic E-state index is 11.8. The second kappa shape index (κ2) is 4.55. The maximum Gasteiger partial charge on any atom is 0.291 e. The van der Waals surface area contributed by atoms with E-state index in [2.05, 4.69) is 5.10 Å². The molecule has 0 saturated heterocycles. The van der Waals surface area contributed by atoms with Crippen LogP contribution in [0.15, 0.2) is 29.2 Å². The van der Waals surface area contributed by atoms with Gasteiger partial charge in [-0.1, -0.05) is 40.3 Å². The van der Waals surface area contributed by atoms with Crippen molar-refractivity contribution in [1.82, 2.24) is 9.78 Å². The number of aryl methyl sites for hydroxylation is 1. The van der Waals surface area contributed by atoms with Crippen molar-refractivity contribution in [2.45, 2.75) is 6.92 Å². The van der Waals surface area contributed by atoms with Gasteiger partial charge in [-0.2, -0.15) is 9.78 Å². The fraction of sp³-hybridized carbons (Fsp3) is 0.0909. The van der Waals surface area contributed by atoms with Gasteiger partial charge in [0.1, 0.15) is 12.9 Å². The van der Waals surface area contributed by atoms with Crippen molar-refractivity contribution in [2.75, 3.05) is 0 Å². The second-order valence-corrected chi connectivity index (χ2v) is 4.35. The van der Waals surface area contributed by atoms with Crippen LogP contribution in [0.2, 0.25) is 10.0 Å². The first-order chi connectivity index (χ1) is 8.00. The predicted octanol–water partition coefficient (Wildman–Crippen LogP) is 1.64. The second-order valence-electron chi connectivity index (χ2n) is 3.56. The summed E-state index contributed by atoms with van der Waals surface area (Å²) in [5.74, 6) is 0. The normalized spacial score (nSPS) is 10.5. The highest BCUT2D eigenvalue weighted by molar-refractivity contribution is 6.41. The highest BCUT2D eigenvalue weighted by Crippen LogP contribution is 2.16. The van der Waals surface area contributed by atoms with Crippen LogP contribution in [0.4, 0.5) is 0 Å². The molecule has 1 heterocycles. The van der Waals surface area contributed by atoms with E-state index in [9.17, 15) is 4.79 Å². The fourth-order valence-electron chi connectivity index (χ4n) is 1.39. The molecule has 0 N–H and O–H groups in total. The third-order valence-corrected chi connectivity index (χ3v) is 3.12. The number of benzene rings is 1. The van der Waals surface area contributed by atoms with Crippen LogP contribution >= 0.6 is 23.2 Å². The molecule has 2 rings (SSSR count). The first kappa shape index (κ1) is 12.2. The summed E-state index contributed by atoms with van der Waals surface area (Å²) >= 11 is 11.5. The van der Waals surface area contributed by atoms with E-state index < -0.39 is 5.56 Å². The largest absolute Gasteiger partial charge is 0.291 e. The van der Waals surface area contributed by atoms with E-state index in [1.165, 1.54) is 10.9 Å². The molecule has 0 bridgehead atoms. The van der Waals surface area contributed by atoms with Crippen LogP contribution in [0.1, 0.15) is 5.56 Å². The van der Waals surface area contributed by atoms with Crippen LogP contribution in [0.3, 0.4) is 0 Å². The molecule has 0 atom stereocenters. The molecule has 2 radical (unpaired) electrons. The monoisotopic (exact) mass is 264 g/mol. The van der Waals surface area contributed by atoms with E-state index in [4.69, 9.17) is 31.0 Å². The van der Waals surface area contributed by atoms with Crippen molar-refractivity contribution < 1.29 is 0 Å². The summed E-state index contributed by atoms with van der Waals surface area (Å²) in [5.41, 5.74) is 1.66. The van der Waals surface area contributed by atoms with Crippen molar-refractivity contribution in [3.8, 4) is 5.69 Å². The topological polar surface area (TPSA) is 34.9 Å². The Kier molecular flexibility index (Phi) is 3.27. The highest BCUT2D eigenvalue weighted by Gasteiger charge is 2.09. The van der Waals surface area contributed by atoms with Gasteiger partial charge in [0.25, 0.3) is 5.56 Å². The van der Waals surface area contributed by atoms with Crippen LogP contribution in [0, 0.1) is 6.92 Å². The molecule has 0 saturated carbocycles. The van der Waals surface area contributed by atoms with Gasteiger partial charge in [0.05, 0.1) is 16.9 Å². The van der Waals surface area contributed by atoms with E-state index in [0.717, 1.165) is 5.56 Å². The number of halogens is 2. The van der Waals surface area contributed by atoms with Crippen LogP contribution in [0.25, 0.3) is 5.69 Å². The molecule has 0 aliphatic carbocycles. The smallest absolute Gasteiger partial charge is 0.266 e. The van der Waals surface area contributed by atoms with Crippen molar-refractivity contribution in [3.63, 3.8) is 0 Å². The lowest BCUT2D eigenvalue weighted by Gasteiger charge is -2.07. The Hall–Kier alpha value is -1.26. The van der Waals surface area contributed by atoms with Gasteiger partial charge >= 0.3 is 0 Å². The van der Waals surface area contributed by atoms with Crippen LogP contribution in [-0.4, -0.2) is 17.6 Å². The highest BCUT2D eigenvalue weighted by atomic mass is 35.5. The number of rotatable bonds is 1. The first-order valence-corrected chi connectivity index (χ1v) is 5.56. The number of hydrogen-bond donors (Lipinski definition) is 0. The van der Waals surface area contributed by atoms with Crippen molar-refractivity contribution in [3.05, 3.63) is 50.4 Å². The molecule has 0 fully saturated rings. The third kappa shape index (κ3) is 2.23. The lowest BCUT2D eigenvalue weighted by Crippen LogP contribution is -2.22. The van der Waals surface area contributed by atoms with E-state index >= 15 is 0 Å². The summed E-state index contributed by atoms with van der Waals surface area (Å²) in [6.45, 7) is 1.85. The molecule has 84 valence electrons. The Morgan fingerprint density at radius 2 is 2.06 bits per heavy atom. The molecule has 0 aliphatic heterocycles. The average Bonchev–Trinajstić information content (AvgIpc) is 2.30. The third-order valence-electron chi connectivity index (χ3n) is 2.37. The zero-order valence-corrected chi connectivity index (χ0v) is 10.5. The minimum atomic E-state index is -0.455. The molecule has 6 heteroatoms. The number of aromatic nitrogens is 2. The minimum absolute atomic E-state index is 0.0452. The van der Waals surface area contributed by atoms with E-state index in [0.29, 0.717) is 11.2 Å². The van der Waals surface area contributed by atoms with E-state index in [1.807, 2.05) is 6.92 Å². The molecule has 1 aromatic heterocycles. The fourth-order valence-corrected chi connectivity index (χ4v) is 1.64. The summed E-state index contributed by atoms with van der Waals surface area (Å²) < 4.78 is 1.18. The van der Waals surface area contributed by atoms with Gasteiger partial charge in [0.2, 0.25) is 0 Å². The van der Waals surface area contributed by atoms with Crippen molar-refractivity contribution in [1.29, 1.82) is 0 Å². The molecule has 0 amide bonds. The SMILES string of the molecule is [B]c1ccc(-n2ncc(Cl)c(Cl)c2=O)cc1C.